The van der Waals surface area contributed by atoms with E-state index in [9.17, 15) is 23.3 Å². The number of hydrogen-bond acceptors (Lipinski definition) is 12. The van der Waals surface area contributed by atoms with Crippen LogP contribution in [0.4, 0.5) is 17.1 Å². The molecule has 1 saturated heterocycles. The van der Waals surface area contributed by atoms with Crippen molar-refractivity contribution in [3.05, 3.63) is 111 Å². The van der Waals surface area contributed by atoms with Gasteiger partial charge in [-0.3, -0.25) is 19.8 Å². The Labute approximate surface area is 352 Å². The highest BCUT2D eigenvalue weighted by Gasteiger charge is 2.33. The van der Waals surface area contributed by atoms with Crippen LogP contribution < -0.4 is 24.4 Å². The van der Waals surface area contributed by atoms with Gasteiger partial charge in [0.2, 0.25) is 0 Å². The van der Waals surface area contributed by atoms with Crippen molar-refractivity contribution in [2.45, 2.75) is 44.0 Å². The zero-order valence-corrected chi connectivity index (χ0v) is 35.1. The van der Waals surface area contributed by atoms with Gasteiger partial charge in [-0.2, -0.15) is 0 Å². The SMILES string of the molecule is COC[C@@H]1COc2cc(S(=O)(=O)NC(=O)c3ccc(N4CCN(CC5=C(c6ccc(Cl)cc6)CC(C)(C)CC5)CC4)cc3Oc3cnc4[nH]ccc4c3)cc([N+](=O)[O-])c2N1. The molecule has 0 unspecified atom stereocenters. The topological polar surface area (TPSA) is 181 Å². The van der Waals surface area contributed by atoms with E-state index in [0.717, 1.165) is 67.1 Å². The number of pyridine rings is 1. The molecule has 1 fully saturated rings. The summed E-state index contributed by atoms with van der Waals surface area (Å²) in [6.07, 6.45) is 6.44. The Morgan fingerprint density at radius 2 is 1.87 bits per heavy atom. The van der Waals surface area contributed by atoms with E-state index in [0.29, 0.717) is 24.5 Å². The van der Waals surface area contributed by atoms with Crippen molar-refractivity contribution in [2.24, 2.45) is 5.41 Å². The minimum atomic E-state index is -4.65. The number of ether oxygens (including phenoxy) is 3. The molecule has 0 spiro atoms. The van der Waals surface area contributed by atoms with Gasteiger partial charge in [0.05, 0.1) is 34.2 Å². The van der Waals surface area contributed by atoms with Crippen LogP contribution in [-0.4, -0.2) is 93.2 Å². The average Bonchev–Trinajstić information content (AvgIpc) is 3.70. The number of piperazine rings is 1. The van der Waals surface area contributed by atoms with Crippen LogP contribution in [-0.2, 0) is 14.8 Å². The standard InChI is InChI=1S/C43H46ClN7O8S/c1-43(2)12-10-29(36(22-43)27-4-6-30(44)7-5-27)24-49-14-16-50(17-15-49)32-8-9-35(38(19-32)59-33-18-28-11-13-45-41(28)46-23-33)42(52)48-60(55,56)34-20-37(51(53)54)40-39(21-34)58-26-31(47-40)25-57-3/h4-9,11,13,18-21,23,31,47H,10,12,14-17,22,24-26H2,1-3H3,(H,45,46)(H,48,52)/t31-/m1/s1. The van der Waals surface area contributed by atoms with Crippen LogP contribution in [0.25, 0.3) is 16.6 Å². The Bertz CT molecular complexity index is 2590. The number of amides is 1. The molecule has 8 rings (SSSR count). The first-order valence-corrected chi connectivity index (χ1v) is 21.6. The smallest absolute Gasteiger partial charge is 0.297 e. The van der Waals surface area contributed by atoms with Crippen LogP contribution in [0.5, 0.6) is 17.2 Å². The van der Waals surface area contributed by atoms with Crippen LogP contribution in [0.15, 0.2) is 89.6 Å². The second kappa shape index (κ2) is 16.8. The highest BCUT2D eigenvalue weighted by Crippen LogP contribution is 2.44. The Hall–Kier alpha value is -5.68. The lowest BCUT2D eigenvalue weighted by molar-refractivity contribution is -0.384. The third kappa shape index (κ3) is 8.92. The second-order valence-electron chi connectivity index (χ2n) is 16.2. The summed E-state index contributed by atoms with van der Waals surface area (Å²) in [7, 11) is -3.16. The minimum Gasteiger partial charge on any atom is -0.489 e. The lowest BCUT2D eigenvalue weighted by atomic mass is 9.72. The number of hydrogen-bond donors (Lipinski definition) is 3. The molecule has 0 radical (unpaired) electrons. The number of benzene rings is 3. The van der Waals surface area contributed by atoms with E-state index in [-0.39, 0.29) is 47.4 Å². The number of sulfonamides is 1. The van der Waals surface area contributed by atoms with Crippen LogP contribution >= 0.6 is 11.6 Å². The van der Waals surface area contributed by atoms with Crippen LogP contribution in [0.3, 0.4) is 0 Å². The van der Waals surface area contributed by atoms with Gasteiger partial charge in [-0.25, -0.2) is 18.1 Å². The lowest BCUT2D eigenvalue weighted by Crippen LogP contribution is -2.47. The van der Waals surface area contributed by atoms with Crippen molar-refractivity contribution in [1.29, 1.82) is 0 Å². The molecule has 2 aromatic heterocycles. The predicted molar refractivity (Wildman–Crippen MR) is 230 cm³/mol. The number of methoxy groups -OCH3 is 1. The van der Waals surface area contributed by atoms with Crippen molar-refractivity contribution < 1.29 is 32.3 Å². The summed E-state index contributed by atoms with van der Waals surface area (Å²) in [6.45, 7) is 8.88. The van der Waals surface area contributed by atoms with Crippen LogP contribution in [0.1, 0.15) is 49.0 Å². The number of nitrogens with one attached hydrogen (secondary N) is 3. The van der Waals surface area contributed by atoms with Crippen molar-refractivity contribution >= 4 is 61.2 Å². The van der Waals surface area contributed by atoms with Gasteiger partial charge in [-0.05, 0) is 72.2 Å². The van der Waals surface area contributed by atoms with E-state index >= 15 is 0 Å². The number of allylic oxidation sites excluding steroid dienone is 1. The first kappa shape index (κ1) is 41.1. The molecule has 3 aromatic carbocycles. The van der Waals surface area contributed by atoms with Gasteiger partial charge in [0.15, 0.2) is 11.4 Å². The molecule has 5 aromatic rings. The number of H-pyrrole nitrogens is 1. The summed E-state index contributed by atoms with van der Waals surface area (Å²) in [6, 6.07) is 18.4. The maximum absolute atomic E-state index is 13.9. The number of carbonyl (C=O) groups excluding carboxylic acids is 1. The molecule has 1 atom stereocenters. The fourth-order valence-corrected chi connectivity index (χ4v) is 9.20. The van der Waals surface area contributed by atoms with Gasteiger partial charge in [-0.15, -0.1) is 0 Å². The molecule has 0 saturated carbocycles. The van der Waals surface area contributed by atoms with Gasteiger partial charge in [0.25, 0.3) is 21.6 Å². The molecule has 3 aliphatic rings. The number of nitro benzene ring substituents is 1. The number of carbonyl (C=O) groups is 1. The van der Waals surface area contributed by atoms with Crippen LogP contribution in [0, 0.1) is 15.5 Å². The number of aromatic amines is 1. The Balaban J connectivity index is 1.03. The molecular weight excluding hydrogens is 810 g/mol. The molecule has 1 aliphatic carbocycles. The summed E-state index contributed by atoms with van der Waals surface area (Å²) >= 11 is 6.23. The number of rotatable bonds is 12. The van der Waals surface area contributed by atoms with Crippen molar-refractivity contribution in [1.82, 2.24) is 19.6 Å². The Morgan fingerprint density at radius 3 is 2.62 bits per heavy atom. The number of aromatic nitrogens is 2. The molecule has 314 valence electrons. The quantitative estimate of drug-likeness (QED) is 0.0826. The summed E-state index contributed by atoms with van der Waals surface area (Å²) in [5.41, 5.74) is 5.19. The predicted octanol–water partition coefficient (Wildman–Crippen LogP) is 7.64. The zero-order valence-electron chi connectivity index (χ0n) is 33.5. The first-order chi connectivity index (χ1) is 28.7. The normalized spacial score (nSPS) is 18.1. The van der Waals surface area contributed by atoms with E-state index in [1.807, 2.05) is 18.2 Å². The molecule has 3 N–H and O–H groups in total. The number of fused-ring (bicyclic) bond motifs is 2. The highest BCUT2D eigenvalue weighted by atomic mass is 35.5. The maximum Gasteiger partial charge on any atom is 0.297 e. The summed E-state index contributed by atoms with van der Waals surface area (Å²) < 4.78 is 46.7. The fourth-order valence-electron chi connectivity index (χ4n) is 8.08. The molecular formula is C43H46ClN7O8S. The summed E-state index contributed by atoms with van der Waals surface area (Å²) in [5, 5.41) is 16.6. The molecule has 15 nitrogen and oxygen atoms in total. The Morgan fingerprint density at radius 1 is 1.08 bits per heavy atom. The third-order valence-electron chi connectivity index (χ3n) is 11.3. The molecule has 17 heteroatoms. The van der Waals surface area contributed by atoms with Crippen LogP contribution in [0.2, 0.25) is 5.02 Å². The van der Waals surface area contributed by atoms with Gasteiger partial charge < -0.3 is 29.4 Å². The van der Waals surface area contributed by atoms with E-state index in [4.69, 9.17) is 25.8 Å². The molecule has 1 amide bonds. The molecule has 4 heterocycles. The Kier molecular flexibility index (Phi) is 11.5. The maximum atomic E-state index is 13.9. The van der Waals surface area contributed by atoms with Gasteiger partial charge in [0, 0.05) is 80.3 Å². The molecule has 0 bridgehead atoms. The largest absolute Gasteiger partial charge is 0.489 e. The number of nitro groups is 1. The number of anilines is 2. The van der Waals surface area contributed by atoms with E-state index in [1.54, 1.807) is 24.4 Å². The van der Waals surface area contributed by atoms with Crippen molar-refractivity contribution in [3.63, 3.8) is 0 Å². The van der Waals surface area contributed by atoms with Gasteiger partial charge in [0.1, 0.15) is 23.8 Å². The number of halogens is 1. The molecule has 60 heavy (non-hydrogen) atoms. The minimum absolute atomic E-state index is 0.0245. The summed E-state index contributed by atoms with van der Waals surface area (Å²) in [5.74, 6) is -0.581. The monoisotopic (exact) mass is 855 g/mol. The highest BCUT2D eigenvalue weighted by molar-refractivity contribution is 7.90. The van der Waals surface area contributed by atoms with E-state index in [1.165, 1.54) is 36.1 Å². The number of nitrogens with zero attached hydrogens (tertiary/aromatic N) is 4. The van der Waals surface area contributed by atoms with E-state index < -0.39 is 31.4 Å². The second-order valence-corrected chi connectivity index (χ2v) is 18.3. The average molecular weight is 856 g/mol. The molecule has 2 aliphatic heterocycles. The first-order valence-electron chi connectivity index (χ1n) is 19.7. The van der Waals surface area contributed by atoms with Crippen molar-refractivity contribution in [2.75, 3.05) is 63.3 Å². The zero-order chi connectivity index (χ0) is 42.2. The van der Waals surface area contributed by atoms with Gasteiger partial charge in [-0.1, -0.05) is 43.2 Å². The van der Waals surface area contributed by atoms with E-state index in [2.05, 4.69) is 55.8 Å². The summed E-state index contributed by atoms with van der Waals surface area (Å²) in [4.78, 5) is 36.9. The van der Waals surface area contributed by atoms with Crippen molar-refractivity contribution in [3.8, 4) is 17.2 Å². The third-order valence-corrected chi connectivity index (χ3v) is 12.9. The fraction of sp³-hybridized carbons (Fsp3) is 0.349. The lowest BCUT2D eigenvalue weighted by Gasteiger charge is -2.39. The van der Waals surface area contributed by atoms with Gasteiger partial charge >= 0.3 is 0 Å².